The molecule has 0 atom stereocenters. The minimum atomic E-state index is -3.54. The number of nitrogens with one attached hydrogen (secondary N) is 2. The Morgan fingerprint density at radius 1 is 1.09 bits per heavy atom. The van der Waals surface area contributed by atoms with Gasteiger partial charge >= 0.3 is 5.69 Å². The Labute approximate surface area is 126 Å². The summed E-state index contributed by atoms with van der Waals surface area (Å²) in [4.78, 5) is 27.5. The van der Waals surface area contributed by atoms with Crippen molar-refractivity contribution in [1.82, 2.24) is 14.3 Å². The molecule has 0 unspecified atom stereocenters. The lowest BCUT2D eigenvalue weighted by Gasteiger charge is -2.15. The second-order valence-electron chi connectivity index (χ2n) is 5.12. The normalized spacial score (nSPS) is 16.0. The van der Waals surface area contributed by atoms with Gasteiger partial charge in [0.25, 0.3) is 5.56 Å². The van der Waals surface area contributed by atoms with Gasteiger partial charge < -0.3 is 4.98 Å². The Balaban J connectivity index is 2.06. The second-order valence-corrected chi connectivity index (χ2v) is 7.06. The van der Waals surface area contributed by atoms with E-state index >= 15 is 0 Å². The Morgan fingerprint density at radius 2 is 1.82 bits per heavy atom. The first-order valence-corrected chi connectivity index (χ1v) is 8.35. The van der Waals surface area contributed by atoms with Crippen molar-refractivity contribution >= 4 is 10.0 Å². The third-order valence-electron chi connectivity index (χ3n) is 3.67. The van der Waals surface area contributed by atoms with Crippen LogP contribution in [0.1, 0.15) is 12.8 Å². The van der Waals surface area contributed by atoms with Gasteiger partial charge in [0.1, 0.15) is 0 Å². The van der Waals surface area contributed by atoms with Crippen LogP contribution in [0, 0.1) is 0 Å². The molecule has 0 radical (unpaired) electrons. The maximum absolute atomic E-state index is 12.5. The zero-order valence-electron chi connectivity index (χ0n) is 11.7. The lowest BCUT2D eigenvalue weighted by molar-refractivity contribution is 0.477. The van der Waals surface area contributed by atoms with E-state index < -0.39 is 21.3 Å². The maximum atomic E-state index is 12.5. The van der Waals surface area contributed by atoms with E-state index in [2.05, 4.69) is 9.97 Å². The smallest absolute Gasteiger partial charge is 0.313 e. The van der Waals surface area contributed by atoms with Gasteiger partial charge in [-0.25, -0.2) is 13.2 Å². The molecule has 2 heterocycles. The second kappa shape index (κ2) is 5.54. The fourth-order valence-electron chi connectivity index (χ4n) is 2.53. The van der Waals surface area contributed by atoms with E-state index in [-0.39, 0.29) is 10.5 Å². The number of hydrogen-bond donors (Lipinski definition) is 2. The topological polar surface area (TPSA) is 103 Å². The van der Waals surface area contributed by atoms with Crippen molar-refractivity contribution in [2.75, 3.05) is 13.1 Å². The molecule has 7 nitrogen and oxygen atoms in total. The van der Waals surface area contributed by atoms with Gasteiger partial charge in [0.15, 0.2) is 0 Å². The zero-order chi connectivity index (χ0) is 15.7. The summed E-state index contributed by atoms with van der Waals surface area (Å²) in [5.41, 5.74) is -0.495. The highest BCUT2D eigenvalue weighted by Gasteiger charge is 2.27. The third kappa shape index (κ3) is 2.62. The van der Waals surface area contributed by atoms with E-state index in [1.54, 1.807) is 12.1 Å². The van der Waals surface area contributed by atoms with Crippen molar-refractivity contribution in [2.45, 2.75) is 17.7 Å². The average molecular weight is 321 g/mol. The van der Waals surface area contributed by atoms with Gasteiger partial charge in [-0.3, -0.25) is 9.78 Å². The fraction of sp³-hybridized carbons (Fsp3) is 0.286. The van der Waals surface area contributed by atoms with Gasteiger partial charge in [0.05, 0.1) is 10.5 Å². The quantitative estimate of drug-likeness (QED) is 0.860. The SMILES string of the molecule is O=c1[nH]cc(-c2cccc(S(=O)(=O)N3CCCC3)c2)c(=O)[nH]1. The molecule has 8 heteroatoms. The first-order valence-electron chi connectivity index (χ1n) is 6.91. The number of rotatable bonds is 3. The lowest BCUT2D eigenvalue weighted by Crippen LogP contribution is -2.28. The van der Waals surface area contributed by atoms with Crippen LogP contribution in [0.5, 0.6) is 0 Å². The maximum Gasteiger partial charge on any atom is 0.325 e. The van der Waals surface area contributed by atoms with E-state index in [0.717, 1.165) is 12.8 Å². The van der Waals surface area contributed by atoms with Crippen molar-refractivity contribution in [1.29, 1.82) is 0 Å². The summed E-state index contributed by atoms with van der Waals surface area (Å²) in [6.07, 6.45) is 3.00. The van der Waals surface area contributed by atoms with Crippen molar-refractivity contribution in [3.63, 3.8) is 0 Å². The molecule has 2 aromatic rings. The molecule has 2 N–H and O–H groups in total. The average Bonchev–Trinajstić information content (AvgIpc) is 3.02. The Hall–Kier alpha value is -2.19. The van der Waals surface area contributed by atoms with Gasteiger partial charge in [-0.05, 0) is 30.5 Å². The molecule has 0 bridgehead atoms. The van der Waals surface area contributed by atoms with Crippen LogP contribution in [-0.2, 0) is 10.0 Å². The minimum absolute atomic E-state index is 0.150. The van der Waals surface area contributed by atoms with Crippen LogP contribution >= 0.6 is 0 Å². The van der Waals surface area contributed by atoms with E-state index in [4.69, 9.17) is 0 Å². The fourth-order valence-corrected chi connectivity index (χ4v) is 4.09. The van der Waals surface area contributed by atoms with Crippen molar-refractivity contribution in [3.05, 3.63) is 51.3 Å². The first kappa shape index (κ1) is 14.7. The Morgan fingerprint density at radius 3 is 2.50 bits per heavy atom. The standard InChI is InChI=1S/C14H15N3O4S/c18-13-12(9-15-14(19)16-13)10-4-3-5-11(8-10)22(20,21)17-6-1-2-7-17/h3-5,8-9H,1-2,6-7H2,(H2,15,16,18,19). The highest BCUT2D eigenvalue weighted by molar-refractivity contribution is 7.89. The summed E-state index contributed by atoms with van der Waals surface area (Å²) in [6, 6.07) is 6.18. The summed E-state index contributed by atoms with van der Waals surface area (Å²) in [5, 5.41) is 0. The van der Waals surface area contributed by atoms with Crippen LogP contribution in [0.4, 0.5) is 0 Å². The molecule has 1 saturated heterocycles. The molecule has 1 aromatic heterocycles. The largest absolute Gasteiger partial charge is 0.325 e. The number of benzene rings is 1. The van der Waals surface area contributed by atoms with E-state index in [1.807, 2.05) is 0 Å². The molecule has 1 aliphatic rings. The first-order chi connectivity index (χ1) is 10.5. The van der Waals surface area contributed by atoms with Crippen molar-refractivity contribution < 1.29 is 8.42 Å². The Kier molecular flexibility index (Phi) is 3.71. The summed E-state index contributed by atoms with van der Waals surface area (Å²) in [5.74, 6) is 0. The highest BCUT2D eigenvalue weighted by Crippen LogP contribution is 2.24. The van der Waals surface area contributed by atoms with E-state index in [0.29, 0.717) is 18.7 Å². The van der Waals surface area contributed by atoms with Crippen LogP contribution in [0.3, 0.4) is 0 Å². The monoisotopic (exact) mass is 321 g/mol. The molecule has 0 saturated carbocycles. The molecule has 1 aliphatic heterocycles. The summed E-state index contributed by atoms with van der Waals surface area (Å²) in [6.45, 7) is 1.04. The number of aromatic amines is 2. The number of H-pyrrole nitrogens is 2. The van der Waals surface area contributed by atoms with Crippen LogP contribution in [0.25, 0.3) is 11.1 Å². The van der Waals surface area contributed by atoms with Crippen LogP contribution in [0.15, 0.2) is 44.9 Å². The van der Waals surface area contributed by atoms with Crippen LogP contribution in [0.2, 0.25) is 0 Å². The number of hydrogen-bond acceptors (Lipinski definition) is 4. The molecule has 0 amide bonds. The van der Waals surface area contributed by atoms with Crippen molar-refractivity contribution in [2.24, 2.45) is 0 Å². The molecule has 3 rings (SSSR count). The van der Waals surface area contributed by atoms with Crippen LogP contribution < -0.4 is 11.2 Å². The predicted molar refractivity (Wildman–Crippen MR) is 81.1 cm³/mol. The van der Waals surface area contributed by atoms with Gasteiger partial charge in [-0.2, -0.15) is 4.31 Å². The Bertz CT molecular complexity index is 908. The molecular formula is C14H15N3O4S. The van der Waals surface area contributed by atoms with E-state index in [9.17, 15) is 18.0 Å². The molecular weight excluding hydrogens is 306 g/mol. The van der Waals surface area contributed by atoms with Gasteiger partial charge in [0, 0.05) is 19.3 Å². The van der Waals surface area contributed by atoms with E-state index in [1.165, 1.54) is 22.6 Å². The third-order valence-corrected chi connectivity index (χ3v) is 5.56. The molecule has 0 spiro atoms. The molecule has 0 aliphatic carbocycles. The zero-order valence-corrected chi connectivity index (χ0v) is 12.5. The molecule has 116 valence electrons. The van der Waals surface area contributed by atoms with Gasteiger partial charge in [-0.1, -0.05) is 12.1 Å². The van der Waals surface area contributed by atoms with Crippen LogP contribution in [-0.4, -0.2) is 35.8 Å². The number of aromatic nitrogens is 2. The van der Waals surface area contributed by atoms with Gasteiger partial charge in [0.2, 0.25) is 10.0 Å². The van der Waals surface area contributed by atoms with Crippen molar-refractivity contribution in [3.8, 4) is 11.1 Å². The lowest BCUT2D eigenvalue weighted by atomic mass is 10.1. The summed E-state index contributed by atoms with van der Waals surface area (Å²) in [7, 11) is -3.54. The minimum Gasteiger partial charge on any atom is -0.313 e. The molecule has 1 fully saturated rings. The molecule has 1 aromatic carbocycles. The predicted octanol–water partition coefficient (Wildman–Crippen LogP) is 0.515. The summed E-state index contributed by atoms with van der Waals surface area (Å²) >= 11 is 0. The number of nitrogens with zero attached hydrogens (tertiary/aromatic N) is 1. The summed E-state index contributed by atoms with van der Waals surface area (Å²) < 4.78 is 26.5. The van der Waals surface area contributed by atoms with Gasteiger partial charge in [-0.15, -0.1) is 0 Å². The highest BCUT2D eigenvalue weighted by atomic mass is 32.2. The number of sulfonamides is 1. The molecule has 22 heavy (non-hydrogen) atoms.